The van der Waals surface area contributed by atoms with E-state index in [9.17, 15) is 4.79 Å². The second kappa shape index (κ2) is 6.02. The van der Waals surface area contributed by atoms with Gasteiger partial charge in [0, 0.05) is 26.7 Å². The van der Waals surface area contributed by atoms with Gasteiger partial charge in [0.1, 0.15) is 0 Å². The zero-order valence-corrected chi connectivity index (χ0v) is 11.7. The molecule has 0 aromatic heterocycles. The van der Waals surface area contributed by atoms with Crippen LogP contribution >= 0.6 is 0 Å². The van der Waals surface area contributed by atoms with Crippen LogP contribution in [0, 0.1) is 5.41 Å². The highest BCUT2D eigenvalue weighted by atomic mass is 16.5. The Morgan fingerprint density at radius 2 is 2.33 bits per heavy atom. The first-order chi connectivity index (χ1) is 8.72. The van der Waals surface area contributed by atoms with Gasteiger partial charge in [-0.25, -0.2) is 0 Å². The predicted octanol–water partition coefficient (Wildman–Crippen LogP) is 1.40. The van der Waals surface area contributed by atoms with Gasteiger partial charge in [0.25, 0.3) is 0 Å². The summed E-state index contributed by atoms with van der Waals surface area (Å²) in [5, 5.41) is 3.39. The predicted molar refractivity (Wildman–Crippen MR) is 71.4 cm³/mol. The molecule has 1 N–H and O–H groups in total. The Labute approximate surface area is 110 Å². The second-order valence-electron chi connectivity index (χ2n) is 5.67. The number of rotatable bonds is 3. The highest BCUT2D eigenvalue weighted by Crippen LogP contribution is 2.33. The molecule has 0 spiro atoms. The lowest BCUT2D eigenvalue weighted by Gasteiger charge is -2.42. The van der Waals surface area contributed by atoms with Gasteiger partial charge in [-0.2, -0.15) is 0 Å². The SMILES string of the molecule is CCC1(C(=O)N2CCCC(OC)C2)CCCNC1. The third-order valence-electron chi connectivity index (χ3n) is 4.60. The molecule has 2 aliphatic rings. The number of ether oxygens (including phenoxy) is 1. The van der Waals surface area contributed by atoms with E-state index in [1.165, 1.54) is 0 Å². The van der Waals surface area contributed by atoms with Crippen molar-refractivity contribution in [1.82, 2.24) is 10.2 Å². The summed E-state index contributed by atoms with van der Waals surface area (Å²) in [4.78, 5) is 14.8. The lowest BCUT2D eigenvalue weighted by atomic mass is 9.76. The fourth-order valence-electron chi connectivity index (χ4n) is 3.25. The van der Waals surface area contributed by atoms with E-state index in [-0.39, 0.29) is 11.5 Å². The zero-order valence-electron chi connectivity index (χ0n) is 11.7. The number of nitrogens with zero attached hydrogens (tertiary/aromatic N) is 1. The molecule has 0 radical (unpaired) electrons. The number of carbonyl (C=O) groups excluding carboxylic acids is 1. The molecule has 1 amide bonds. The lowest BCUT2D eigenvalue weighted by molar-refractivity contribution is -0.147. The molecule has 2 saturated heterocycles. The summed E-state index contributed by atoms with van der Waals surface area (Å²) >= 11 is 0. The summed E-state index contributed by atoms with van der Waals surface area (Å²) < 4.78 is 5.42. The van der Waals surface area contributed by atoms with Crippen LogP contribution in [0.5, 0.6) is 0 Å². The minimum absolute atomic E-state index is 0.159. The van der Waals surface area contributed by atoms with E-state index >= 15 is 0 Å². The van der Waals surface area contributed by atoms with Gasteiger partial charge >= 0.3 is 0 Å². The van der Waals surface area contributed by atoms with Crippen molar-refractivity contribution in [2.75, 3.05) is 33.3 Å². The Bertz CT molecular complexity index is 288. The number of methoxy groups -OCH3 is 1. The first-order valence-electron chi connectivity index (χ1n) is 7.25. The summed E-state index contributed by atoms with van der Waals surface area (Å²) in [5.41, 5.74) is -0.159. The number of amides is 1. The summed E-state index contributed by atoms with van der Waals surface area (Å²) in [6.45, 7) is 5.71. The number of nitrogens with one attached hydrogen (secondary N) is 1. The second-order valence-corrected chi connectivity index (χ2v) is 5.67. The van der Waals surface area contributed by atoms with Crippen molar-refractivity contribution >= 4 is 5.91 Å². The van der Waals surface area contributed by atoms with Crippen LogP contribution < -0.4 is 5.32 Å². The van der Waals surface area contributed by atoms with Gasteiger partial charge in [-0.1, -0.05) is 6.92 Å². The van der Waals surface area contributed by atoms with Crippen LogP contribution in [0.2, 0.25) is 0 Å². The van der Waals surface area contributed by atoms with Gasteiger partial charge in [-0.15, -0.1) is 0 Å². The molecule has 0 aromatic carbocycles. The van der Waals surface area contributed by atoms with Crippen molar-refractivity contribution in [2.45, 2.75) is 45.1 Å². The number of likely N-dealkylation sites (tertiary alicyclic amines) is 1. The Balaban J connectivity index is 2.04. The van der Waals surface area contributed by atoms with Crippen molar-refractivity contribution in [3.05, 3.63) is 0 Å². The number of hydrogen-bond donors (Lipinski definition) is 1. The topological polar surface area (TPSA) is 41.6 Å². The van der Waals surface area contributed by atoms with E-state index in [0.717, 1.165) is 58.3 Å². The van der Waals surface area contributed by atoms with Crippen LogP contribution in [-0.2, 0) is 9.53 Å². The van der Waals surface area contributed by atoms with Gasteiger partial charge in [0.2, 0.25) is 5.91 Å². The quantitative estimate of drug-likeness (QED) is 0.828. The molecule has 2 atom stereocenters. The Morgan fingerprint density at radius 3 is 2.94 bits per heavy atom. The minimum Gasteiger partial charge on any atom is -0.380 e. The first kappa shape index (κ1) is 13.8. The highest BCUT2D eigenvalue weighted by Gasteiger charge is 2.41. The average Bonchev–Trinajstić information content (AvgIpc) is 2.47. The van der Waals surface area contributed by atoms with Gasteiger partial charge in [0.05, 0.1) is 11.5 Å². The first-order valence-corrected chi connectivity index (χ1v) is 7.25. The molecule has 2 rings (SSSR count). The maximum absolute atomic E-state index is 12.8. The van der Waals surface area contributed by atoms with Crippen LogP contribution in [0.4, 0.5) is 0 Å². The molecule has 18 heavy (non-hydrogen) atoms. The fraction of sp³-hybridized carbons (Fsp3) is 0.929. The molecule has 2 heterocycles. The third-order valence-corrected chi connectivity index (χ3v) is 4.60. The summed E-state index contributed by atoms with van der Waals surface area (Å²) in [7, 11) is 1.75. The maximum Gasteiger partial charge on any atom is 0.230 e. The Hall–Kier alpha value is -0.610. The summed E-state index contributed by atoms with van der Waals surface area (Å²) in [6.07, 6.45) is 5.46. The Kier molecular flexibility index (Phi) is 4.62. The van der Waals surface area contributed by atoms with Crippen LogP contribution in [0.25, 0.3) is 0 Å². The molecule has 2 unspecified atom stereocenters. The van der Waals surface area contributed by atoms with Crippen molar-refractivity contribution in [3.63, 3.8) is 0 Å². The molecule has 2 fully saturated rings. The molecular formula is C14H26N2O2. The Morgan fingerprint density at radius 1 is 1.50 bits per heavy atom. The van der Waals surface area contributed by atoms with Crippen LogP contribution in [0.15, 0.2) is 0 Å². The van der Waals surface area contributed by atoms with E-state index in [4.69, 9.17) is 4.74 Å². The molecule has 104 valence electrons. The van der Waals surface area contributed by atoms with E-state index < -0.39 is 0 Å². The number of piperidine rings is 2. The van der Waals surface area contributed by atoms with Gasteiger partial charge in [-0.05, 0) is 38.6 Å². The summed E-state index contributed by atoms with van der Waals surface area (Å²) in [6, 6.07) is 0. The number of hydrogen-bond acceptors (Lipinski definition) is 3. The lowest BCUT2D eigenvalue weighted by Crippen LogP contribution is -2.54. The fourth-order valence-corrected chi connectivity index (χ4v) is 3.25. The number of carbonyl (C=O) groups is 1. The molecule has 4 heteroatoms. The zero-order chi connectivity index (χ0) is 13.0. The largest absolute Gasteiger partial charge is 0.380 e. The molecule has 0 aliphatic carbocycles. The van der Waals surface area contributed by atoms with Crippen LogP contribution in [0.1, 0.15) is 39.0 Å². The van der Waals surface area contributed by atoms with Gasteiger partial charge in [-0.3, -0.25) is 4.79 Å². The molecule has 0 aromatic rings. The molecular weight excluding hydrogens is 228 g/mol. The maximum atomic E-state index is 12.8. The van der Waals surface area contributed by atoms with Crippen molar-refractivity contribution in [2.24, 2.45) is 5.41 Å². The summed E-state index contributed by atoms with van der Waals surface area (Å²) in [5.74, 6) is 0.346. The molecule has 4 nitrogen and oxygen atoms in total. The van der Waals surface area contributed by atoms with Crippen molar-refractivity contribution in [1.29, 1.82) is 0 Å². The van der Waals surface area contributed by atoms with E-state index in [2.05, 4.69) is 12.2 Å². The monoisotopic (exact) mass is 254 g/mol. The third kappa shape index (κ3) is 2.69. The standard InChI is InChI=1S/C14H26N2O2/c1-3-14(7-5-8-15-11-14)13(17)16-9-4-6-12(10-16)18-2/h12,15H,3-11H2,1-2H3. The highest BCUT2D eigenvalue weighted by molar-refractivity contribution is 5.83. The molecule has 0 bridgehead atoms. The van der Waals surface area contributed by atoms with Gasteiger partial charge in [0.15, 0.2) is 0 Å². The average molecular weight is 254 g/mol. The van der Waals surface area contributed by atoms with Crippen LogP contribution in [-0.4, -0.2) is 50.2 Å². The van der Waals surface area contributed by atoms with Crippen LogP contribution in [0.3, 0.4) is 0 Å². The minimum atomic E-state index is -0.159. The smallest absolute Gasteiger partial charge is 0.230 e. The molecule has 2 aliphatic heterocycles. The van der Waals surface area contributed by atoms with Crippen molar-refractivity contribution < 1.29 is 9.53 Å². The normalized spacial score (nSPS) is 33.4. The molecule has 0 saturated carbocycles. The van der Waals surface area contributed by atoms with Gasteiger partial charge < -0.3 is 15.0 Å². The van der Waals surface area contributed by atoms with E-state index in [0.29, 0.717) is 5.91 Å². The van der Waals surface area contributed by atoms with Crippen molar-refractivity contribution in [3.8, 4) is 0 Å². The van der Waals surface area contributed by atoms with E-state index in [1.54, 1.807) is 7.11 Å². The van der Waals surface area contributed by atoms with E-state index in [1.807, 2.05) is 4.90 Å².